The van der Waals surface area contributed by atoms with Gasteiger partial charge in [-0.1, -0.05) is 11.2 Å². The van der Waals surface area contributed by atoms with Crippen LogP contribution in [0, 0.1) is 0 Å². The molecule has 1 unspecified atom stereocenters. The molecule has 0 bridgehead atoms. The van der Waals surface area contributed by atoms with E-state index in [0.29, 0.717) is 34.4 Å². The van der Waals surface area contributed by atoms with Crippen LogP contribution in [0.1, 0.15) is 17.2 Å². The normalized spacial score (nSPS) is 14.6. The molecular formula is C18H15N7O3S. The zero-order valence-electron chi connectivity index (χ0n) is 15.4. The first-order valence-corrected chi connectivity index (χ1v) is 9.52. The molecule has 0 spiro atoms. The number of H-pyrrole nitrogens is 1. The van der Waals surface area contributed by atoms with Gasteiger partial charge < -0.3 is 14.8 Å². The van der Waals surface area contributed by atoms with Crippen molar-refractivity contribution in [1.29, 1.82) is 0 Å². The second-order valence-corrected chi connectivity index (χ2v) is 7.20. The molecule has 0 amide bonds. The van der Waals surface area contributed by atoms with Crippen LogP contribution >= 0.6 is 11.3 Å². The number of aromatic nitrogens is 6. The summed E-state index contributed by atoms with van der Waals surface area (Å²) < 4.78 is 12.6. The summed E-state index contributed by atoms with van der Waals surface area (Å²) in [6.45, 7) is 0. The van der Waals surface area contributed by atoms with Crippen molar-refractivity contribution in [3.63, 3.8) is 0 Å². The third kappa shape index (κ3) is 2.66. The molecule has 29 heavy (non-hydrogen) atoms. The van der Waals surface area contributed by atoms with Gasteiger partial charge in [-0.3, -0.25) is 4.79 Å². The minimum Gasteiger partial charge on any atom is -0.497 e. The lowest BCUT2D eigenvalue weighted by Gasteiger charge is -2.28. The number of ether oxygens (including phenoxy) is 2. The van der Waals surface area contributed by atoms with Gasteiger partial charge in [0.05, 0.1) is 19.1 Å². The van der Waals surface area contributed by atoms with Gasteiger partial charge in [-0.25, -0.2) is 5.10 Å². The Labute approximate surface area is 168 Å². The smallest absolute Gasteiger partial charge is 0.288 e. The number of anilines is 2. The number of nitrogens with zero attached hydrogens (tertiary/aromatic N) is 5. The number of rotatable bonds is 4. The number of thiophene rings is 1. The van der Waals surface area contributed by atoms with Crippen LogP contribution in [0.5, 0.6) is 11.5 Å². The van der Waals surface area contributed by atoms with Gasteiger partial charge >= 0.3 is 0 Å². The van der Waals surface area contributed by atoms with Crippen LogP contribution in [0.2, 0.25) is 0 Å². The Balaban J connectivity index is 1.86. The molecule has 1 atom stereocenters. The van der Waals surface area contributed by atoms with Crippen LogP contribution < -0.4 is 20.3 Å². The van der Waals surface area contributed by atoms with E-state index in [2.05, 4.69) is 31.0 Å². The molecule has 1 aromatic carbocycles. The van der Waals surface area contributed by atoms with Crippen LogP contribution in [0.15, 0.2) is 40.5 Å². The first-order chi connectivity index (χ1) is 14.2. The van der Waals surface area contributed by atoms with Crippen molar-refractivity contribution < 1.29 is 9.47 Å². The van der Waals surface area contributed by atoms with E-state index >= 15 is 0 Å². The number of benzene rings is 1. The predicted octanol–water partition coefficient (Wildman–Crippen LogP) is 2.20. The minimum absolute atomic E-state index is 0.348. The van der Waals surface area contributed by atoms with Crippen LogP contribution in [-0.2, 0) is 0 Å². The van der Waals surface area contributed by atoms with E-state index in [1.165, 1.54) is 11.3 Å². The summed E-state index contributed by atoms with van der Waals surface area (Å²) >= 11 is 1.52. The molecule has 3 aromatic heterocycles. The summed E-state index contributed by atoms with van der Waals surface area (Å²) in [5.74, 6) is 1.61. The third-order valence-electron chi connectivity index (χ3n) is 4.75. The monoisotopic (exact) mass is 409 g/mol. The Bertz CT molecular complexity index is 1250. The SMILES string of the molecule is COc1ccc(OC)c(C2c3c(-c4cccs4)n[nH]c(=O)c3Nc3nnnn32)c1. The lowest BCUT2D eigenvalue weighted by Crippen LogP contribution is -2.29. The van der Waals surface area contributed by atoms with Gasteiger partial charge in [-0.05, 0) is 40.1 Å². The number of hydrogen-bond acceptors (Lipinski definition) is 9. The van der Waals surface area contributed by atoms with Crippen LogP contribution in [-0.4, -0.2) is 44.6 Å². The molecule has 4 heterocycles. The quantitative estimate of drug-likeness (QED) is 0.464. The molecule has 4 aromatic rings. The zero-order valence-corrected chi connectivity index (χ0v) is 16.2. The summed E-state index contributed by atoms with van der Waals surface area (Å²) in [5, 5.41) is 23.8. The van der Waals surface area contributed by atoms with Gasteiger partial charge in [0.15, 0.2) is 0 Å². The van der Waals surface area contributed by atoms with E-state index in [1.54, 1.807) is 25.0 Å². The Morgan fingerprint density at radius 1 is 1.21 bits per heavy atom. The predicted molar refractivity (Wildman–Crippen MR) is 106 cm³/mol. The maximum absolute atomic E-state index is 12.7. The molecule has 0 saturated heterocycles. The number of methoxy groups -OCH3 is 2. The van der Waals surface area contributed by atoms with Crippen LogP contribution in [0.3, 0.4) is 0 Å². The summed E-state index contributed by atoms with van der Waals surface area (Å²) in [6, 6.07) is 8.79. The number of aromatic amines is 1. The fraction of sp³-hybridized carbons (Fsp3) is 0.167. The molecule has 11 heteroatoms. The highest BCUT2D eigenvalue weighted by molar-refractivity contribution is 7.13. The Hall–Kier alpha value is -3.73. The van der Waals surface area contributed by atoms with Crippen LogP contribution in [0.25, 0.3) is 10.6 Å². The molecular weight excluding hydrogens is 394 g/mol. The molecule has 146 valence electrons. The zero-order chi connectivity index (χ0) is 20.0. The molecule has 10 nitrogen and oxygen atoms in total. The van der Waals surface area contributed by atoms with Crippen molar-refractivity contribution in [2.75, 3.05) is 19.5 Å². The van der Waals surface area contributed by atoms with Gasteiger partial charge in [0.2, 0.25) is 5.95 Å². The molecule has 5 rings (SSSR count). The molecule has 2 N–H and O–H groups in total. The van der Waals surface area contributed by atoms with E-state index in [-0.39, 0.29) is 5.56 Å². The highest BCUT2D eigenvalue weighted by atomic mass is 32.1. The van der Waals surface area contributed by atoms with Crippen molar-refractivity contribution in [3.8, 4) is 22.1 Å². The summed E-state index contributed by atoms with van der Waals surface area (Å²) in [7, 11) is 3.18. The highest BCUT2D eigenvalue weighted by Crippen LogP contribution is 2.45. The summed E-state index contributed by atoms with van der Waals surface area (Å²) in [4.78, 5) is 13.6. The fourth-order valence-electron chi connectivity index (χ4n) is 3.48. The minimum atomic E-state index is -0.548. The van der Waals surface area contributed by atoms with Crippen molar-refractivity contribution >= 4 is 23.0 Å². The first kappa shape index (κ1) is 17.4. The maximum atomic E-state index is 12.7. The first-order valence-electron chi connectivity index (χ1n) is 8.64. The Morgan fingerprint density at radius 3 is 2.86 bits per heavy atom. The van der Waals surface area contributed by atoms with Crippen molar-refractivity contribution in [1.82, 2.24) is 30.4 Å². The van der Waals surface area contributed by atoms with Crippen molar-refractivity contribution in [2.24, 2.45) is 0 Å². The van der Waals surface area contributed by atoms with Crippen molar-refractivity contribution in [3.05, 3.63) is 57.2 Å². The molecule has 0 saturated carbocycles. The average Bonchev–Trinajstić information content (AvgIpc) is 3.44. The molecule has 0 radical (unpaired) electrons. The van der Waals surface area contributed by atoms with E-state index in [9.17, 15) is 4.79 Å². The van der Waals surface area contributed by atoms with E-state index in [4.69, 9.17) is 9.47 Å². The molecule has 0 aliphatic carbocycles. The van der Waals surface area contributed by atoms with Gasteiger partial charge in [-0.15, -0.1) is 11.3 Å². The third-order valence-corrected chi connectivity index (χ3v) is 5.63. The Morgan fingerprint density at radius 2 is 2.10 bits per heavy atom. The maximum Gasteiger partial charge on any atom is 0.288 e. The second-order valence-electron chi connectivity index (χ2n) is 6.25. The summed E-state index contributed by atoms with van der Waals surface area (Å²) in [6.07, 6.45) is 0. The molecule has 0 fully saturated rings. The average molecular weight is 409 g/mol. The molecule has 1 aliphatic rings. The van der Waals surface area contributed by atoms with Crippen LogP contribution in [0.4, 0.5) is 11.6 Å². The van der Waals surface area contributed by atoms with E-state index < -0.39 is 6.04 Å². The largest absolute Gasteiger partial charge is 0.497 e. The number of tetrazole rings is 1. The van der Waals surface area contributed by atoms with Gasteiger partial charge in [0.1, 0.15) is 28.9 Å². The van der Waals surface area contributed by atoms with E-state index in [0.717, 1.165) is 10.4 Å². The highest BCUT2D eigenvalue weighted by Gasteiger charge is 2.36. The fourth-order valence-corrected chi connectivity index (χ4v) is 4.21. The summed E-state index contributed by atoms with van der Waals surface area (Å²) in [5.41, 5.74) is 2.02. The number of hydrogen-bond donors (Lipinski definition) is 2. The van der Waals surface area contributed by atoms with Gasteiger partial charge in [0.25, 0.3) is 5.56 Å². The van der Waals surface area contributed by atoms with Gasteiger partial charge in [-0.2, -0.15) is 9.78 Å². The van der Waals surface area contributed by atoms with Gasteiger partial charge in [0, 0.05) is 11.1 Å². The second kappa shape index (κ2) is 6.71. The number of fused-ring (bicyclic) bond motifs is 2. The van der Waals surface area contributed by atoms with E-state index in [1.807, 2.05) is 29.6 Å². The number of nitrogens with one attached hydrogen (secondary N) is 2. The lowest BCUT2D eigenvalue weighted by atomic mass is 9.93. The Kier molecular flexibility index (Phi) is 4.02. The standard InChI is InChI=1S/C18H15N7O3S/c1-27-9-5-6-11(28-2)10(8-9)16-13-14(12-4-3-7-29-12)20-21-17(26)15(13)19-18-22-23-24-25(16)18/h3-8,16H,1-2H3,(H,21,26)(H,19,22,24). The molecule has 1 aliphatic heterocycles. The van der Waals surface area contributed by atoms with Crippen molar-refractivity contribution in [2.45, 2.75) is 6.04 Å². The topological polar surface area (TPSA) is 120 Å². The lowest BCUT2D eigenvalue weighted by molar-refractivity contribution is 0.392.